The first-order valence-corrected chi connectivity index (χ1v) is 7.93. The summed E-state index contributed by atoms with van der Waals surface area (Å²) in [4.78, 5) is 2.21. The van der Waals surface area contributed by atoms with Crippen molar-refractivity contribution >= 4 is 23.1 Å². The molecule has 0 radical (unpaired) electrons. The second kappa shape index (κ2) is 6.28. The second-order valence-electron chi connectivity index (χ2n) is 4.80. The fourth-order valence-electron chi connectivity index (χ4n) is 2.12. The number of nitrogens with two attached hydrogens (primary N) is 1. The molecule has 2 rings (SSSR count). The Morgan fingerprint density at radius 1 is 1.32 bits per heavy atom. The van der Waals surface area contributed by atoms with E-state index in [9.17, 15) is 0 Å². The fraction of sp³-hybridized carbons (Fsp3) is 0.571. The maximum atomic E-state index is 6.13. The molecule has 0 saturated carbocycles. The number of hydrogen-bond acceptors (Lipinski definition) is 5. The van der Waals surface area contributed by atoms with Gasteiger partial charge in [-0.3, -0.25) is 0 Å². The molecule has 19 heavy (non-hydrogen) atoms. The first-order valence-electron chi connectivity index (χ1n) is 6.54. The van der Waals surface area contributed by atoms with E-state index in [1.54, 1.807) is 0 Å². The third-order valence-corrected chi connectivity index (χ3v) is 4.12. The minimum atomic E-state index is 0.442. The molecule has 106 valence electrons. The van der Waals surface area contributed by atoms with Crippen molar-refractivity contribution in [2.24, 2.45) is 0 Å². The molecule has 1 aliphatic rings. The summed E-state index contributed by atoms with van der Waals surface area (Å²) in [5.41, 5.74) is 7.88. The fourth-order valence-corrected chi connectivity index (χ4v) is 2.70. The van der Waals surface area contributed by atoms with Gasteiger partial charge in [0.2, 0.25) is 0 Å². The molecule has 0 aromatic heterocycles. The number of benzene rings is 1. The predicted octanol–water partition coefficient (Wildman–Crippen LogP) is 2.62. The highest BCUT2D eigenvalue weighted by atomic mass is 32.2. The molecule has 0 spiro atoms. The first-order chi connectivity index (χ1) is 9.13. The van der Waals surface area contributed by atoms with Crippen LogP contribution in [0.2, 0.25) is 0 Å². The van der Waals surface area contributed by atoms with Crippen molar-refractivity contribution in [2.75, 3.05) is 42.9 Å². The Kier molecular flexibility index (Phi) is 4.69. The first kappa shape index (κ1) is 14.2. The van der Waals surface area contributed by atoms with Crippen molar-refractivity contribution in [2.45, 2.75) is 19.4 Å². The van der Waals surface area contributed by atoms with Gasteiger partial charge in [0.1, 0.15) is 13.2 Å². The Hall–Kier alpha value is -1.23. The van der Waals surface area contributed by atoms with E-state index < -0.39 is 0 Å². The summed E-state index contributed by atoms with van der Waals surface area (Å²) < 4.78 is 11.2. The normalized spacial score (nSPS) is 15.1. The number of fused-ring (bicyclic) bond motifs is 1. The molecule has 0 aliphatic carbocycles. The molecule has 0 saturated heterocycles. The highest BCUT2D eigenvalue weighted by Crippen LogP contribution is 2.38. The lowest BCUT2D eigenvalue weighted by Gasteiger charge is -2.29. The van der Waals surface area contributed by atoms with Crippen molar-refractivity contribution in [3.63, 3.8) is 0 Å². The van der Waals surface area contributed by atoms with E-state index in [0.29, 0.717) is 19.3 Å². The van der Waals surface area contributed by atoms with Crippen molar-refractivity contribution < 1.29 is 9.47 Å². The number of nitrogens with zero attached hydrogens (tertiary/aromatic N) is 1. The van der Waals surface area contributed by atoms with Gasteiger partial charge in [0.15, 0.2) is 11.5 Å². The van der Waals surface area contributed by atoms with Gasteiger partial charge in [0.25, 0.3) is 0 Å². The van der Waals surface area contributed by atoms with E-state index in [1.165, 1.54) is 0 Å². The lowest BCUT2D eigenvalue weighted by Crippen LogP contribution is -2.30. The maximum absolute atomic E-state index is 6.13. The highest BCUT2D eigenvalue weighted by Gasteiger charge is 2.18. The average molecular weight is 282 g/mol. The summed E-state index contributed by atoms with van der Waals surface area (Å²) in [6.45, 7) is 3.40. The Morgan fingerprint density at radius 2 is 1.95 bits per heavy atom. The van der Waals surface area contributed by atoms with Crippen LogP contribution >= 0.6 is 11.8 Å². The zero-order chi connectivity index (χ0) is 13.8. The van der Waals surface area contributed by atoms with Gasteiger partial charge in [-0.25, -0.2) is 0 Å². The molecular weight excluding hydrogens is 260 g/mol. The Bertz CT molecular complexity index is 440. The zero-order valence-corrected chi connectivity index (χ0v) is 12.6. The Balaban J connectivity index is 2.19. The van der Waals surface area contributed by atoms with Crippen molar-refractivity contribution in [3.8, 4) is 11.5 Å². The van der Waals surface area contributed by atoms with Crippen LogP contribution in [0.15, 0.2) is 12.1 Å². The number of hydrogen-bond donors (Lipinski definition) is 1. The molecule has 2 N–H and O–H groups in total. The number of anilines is 2. The molecule has 1 aromatic carbocycles. The lowest BCUT2D eigenvalue weighted by molar-refractivity contribution is 0.172. The molecule has 0 bridgehead atoms. The molecule has 1 aromatic rings. The molecule has 5 heteroatoms. The standard InChI is InChI=1S/C14H22N2O2S/c1-10(4-7-19-3)16(2)12-9-14-13(8-11(12)15)17-5-6-18-14/h8-10H,4-7,15H2,1-3H3. The number of nitrogen functional groups attached to an aromatic ring is 1. The molecule has 1 heterocycles. The van der Waals surface area contributed by atoms with Crippen LogP contribution < -0.4 is 20.1 Å². The smallest absolute Gasteiger partial charge is 0.163 e. The average Bonchev–Trinajstić information content (AvgIpc) is 2.43. The largest absolute Gasteiger partial charge is 0.486 e. The quantitative estimate of drug-likeness (QED) is 0.841. The van der Waals surface area contributed by atoms with E-state index in [0.717, 1.165) is 35.0 Å². The number of rotatable bonds is 5. The molecule has 4 nitrogen and oxygen atoms in total. The summed E-state index contributed by atoms with van der Waals surface area (Å²) in [6.07, 6.45) is 3.26. The van der Waals surface area contributed by atoms with Gasteiger partial charge in [0.05, 0.1) is 11.4 Å². The van der Waals surface area contributed by atoms with Crippen molar-refractivity contribution in [3.05, 3.63) is 12.1 Å². The lowest BCUT2D eigenvalue weighted by atomic mass is 10.1. The topological polar surface area (TPSA) is 47.7 Å². The number of thioether (sulfide) groups is 1. The van der Waals surface area contributed by atoms with Crippen LogP contribution in [-0.2, 0) is 0 Å². The highest BCUT2D eigenvalue weighted by molar-refractivity contribution is 7.98. The van der Waals surface area contributed by atoms with Crippen molar-refractivity contribution in [1.29, 1.82) is 0 Å². The Morgan fingerprint density at radius 3 is 2.58 bits per heavy atom. The summed E-state index contributed by atoms with van der Waals surface area (Å²) in [6, 6.07) is 4.29. The summed E-state index contributed by atoms with van der Waals surface area (Å²) >= 11 is 1.87. The summed E-state index contributed by atoms with van der Waals surface area (Å²) in [7, 11) is 2.08. The van der Waals surface area contributed by atoms with Gasteiger partial charge >= 0.3 is 0 Å². The third kappa shape index (κ3) is 3.21. The van der Waals surface area contributed by atoms with Gasteiger partial charge in [0, 0.05) is 25.2 Å². The van der Waals surface area contributed by atoms with E-state index in [4.69, 9.17) is 15.2 Å². The monoisotopic (exact) mass is 282 g/mol. The van der Waals surface area contributed by atoms with Gasteiger partial charge < -0.3 is 20.1 Å². The van der Waals surface area contributed by atoms with Crippen LogP contribution in [0.3, 0.4) is 0 Å². The summed E-state index contributed by atoms with van der Waals surface area (Å²) in [5, 5.41) is 0. The van der Waals surface area contributed by atoms with E-state index >= 15 is 0 Å². The van der Waals surface area contributed by atoms with E-state index in [2.05, 4.69) is 25.1 Å². The molecule has 1 aliphatic heterocycles. The minimum absolute atomic E-state index is 0.442. The molecular formula is C14H22N2O2S. The van der Waals surface area contributed by atoms with Crippen LogP contribution in [0.4, 0.5) is 11.4 Å². The maximum Gasteiger partial charge on any atom is 0.163 e. The van der Waals surface area contributed by atoms with E-state index in [-0.39, 0.29) is 0 Å². The molecule has 1 atom stereocenters. The second-order valence-corrected chi connectivity index (χ2v) is 5.78. The van der Waals surface area contributed by atoms with E-state index in [1.807, 2.05) is 23.9 Å². The summed E-state index contributed by atoms with van der Waals surface area (Å²) in [5.74, 6) is 2.69. The van der Waals surface area contributed by atoms with Crippen LogP contribution in [0.1, 0.15) is 13.3 Å². The van der Waals surface area contributed by atoms with Gasteiger partial charge in [-0.05, 0) is 25.4 Å². The number of ether oxygens (including phenoxy) is 2. The van der Waals surface area contributed by atoms with Crippen LogP contribution in [0, 0.1) is 0 Å². The zero-order valence-electron chi connectivity index (χ0n) is 11.8. The van der Waals surface area contributed by atoms with Crippen molar-refractivity contribution in [1.82, 2.24) is 0 Å². The molecule has 0 fully saturated rings. The van der Waals surface area contributed by atoms with Gasteiger partial charge in [-0.15, -0.1) is 0 Å². The molecule has 0 amide bonds. The van der Waals surface area contributed by atoms with Crippen LogP contribution in [-0.4, -0.2) is 38.3 Å². The third-order valence-electron chi connectivity index (χ3n) is 3.47. The van der Waals surface area contributed by atoms with Crippen LogP contribution in [0.25, 0.3) is 0 Å². The molecule has 1 unspecified atom stereocenters. The van der Waals surface area contributed by atoms with Gasteiger partial charge in [-0.1, -0.05) is 0 Å². The SMILES string of the molecule is CSCCC(C)N(C)c1cc2c(cc1N)OCCO2. The predicted molar refractivity (Wildman–Crippen MR) is 82.7 cm³/mol. The van der Waals surface area contributed by atoms with Gasteiger partial charge in [-0.2, -0.15) is 11.8 Å². The van der Waals surface area contributed by atoms with Crippen LogP contribution in [0.5, 0.6) is 11.5 Å². The Labute approximate surface area is 119 Å². The minimum Gasteiger partial charge on any atom is -0.486 e.